The number of nitrogens with zero attached hydrogens (tertiary/aromatic N) is 1. The smallest absolute Gasteiger partial charge is 0.486 e. The van der Waals surface area contributed by atoms with Crippen LogP contribution in [-0.2, 0) is 9.59 Å². The Morgan fingerprint density at radius 3 is 2.16 bits per heavy atom. The van der Waals surface area contributed by atoms with Crippen molar-refractivity contribution in [2.75, 3.05) is 18.5 Å². The van der Waals surface area contributed by atoms with Gasteiger partial charge < -0.3 is 25.6 Å². The van der Waals surface area contributed by atoms with E-state index in [9.17, 15) is 22.8 Å². The summed E-state index contributed by atoms with van der Waals surface area (Å²) in [5.41, 5.74) is 13.2. The van der Waals surface area contributed by atoms with Crippen LogP contribution in [0, 0.1) is 12.3 Å². The highest BCUT2D eigenvalue weighted by Crippen LogP contribution is 2.32. The SMILES string of the molecule is C=CCOc1ccc(C(Nc2ccc(C(=N)N)cc2)C(=O)NNC(=O)c2cnccc2C)cc1OCC=C.O=C(O)C(F)(F)F. The van der Waals surface area contributed by atoms with Gasteiger partial charge in [-0.05, 0) is 60.5 Å². The third kappa shape index (κ3) is 11.1. The molecule has 1 atom stereocenters. The minimum absolute atomic E-state index is 0.0710. The second kappa shape index (κ2) is 16.7. The number of carbonyl (C=O) groups is 3. The van der Waals surface area contributed by atoms with Crippen LogP contribution in [0.2, 0.25) is 0 Å². The molecule has 1 aromatic heterocycles. The van der Waals surface area contributed by atoms with Crippen molar-refractivity contribution < 1.29 is 42.1 Å². The molecule has 1 heterocycles. The van der Waals surface area contributed by atoms with E-state index in [0.29, 0.717) is 39.4 Å². The minimum atomic E-state index is -5.08. The van der Waals surface area contributed by atoms with Gasteiger partial charge in [0.2, 0.25) is 0 Å². The average molecular weight is 629 g/mol. The summed E-state index contributed by atoms with van der Waals surface area (Å²) >= 11 is 0. The molecule has 3 aromatic rings. The Bertz CT molecular complexity index is 1530. The molecule has 12 nitrogen and oxygen atoms in total. The lowest BCUT2D eigenvalue weighted by molar-refractivity contribution is -0.192. The van der Waals surface area contributed by atoms with Crippen molar-refractivity contribution in [2.24, 2.45) is 5.73 Å². The number of hydrogen-bond acceptors (Lipinski definition) is 8. The summed E-state index contributed by atoms with van der Waals surface area (Å²) in [6.07, 6.45) is 1.13. The van der Waals surface area contributed by atoms with E-state index >= 15 is 0 Å². The first kappa shape index (κ1) is 35.3. The molecule has 7 N–H and O–H groups in total. The fourth-order valence-electron chi connectivity index (χ4n) is 3.41. The Hall–Kier alpha value is -5.86. The largest absolute Gasteiger partial charge is 0.490 e. The Balaban J connectivity index is 0.000000900. The van der Waals surface area contributed by atoms with Gasteiger partial charge >= 0.3 is 12.1 Å². The van der Waals surface area contributed by atoms with E-state index in [-0.39, 0.29) is 19.0 Å². The van der Waals surface area contributed by atoms with Crippen LogP contribution in [0.3, 0.4) is 0 Å². The molecule has 3 rings (SSSR count). The van der Waals surface area contributed by atoms with Gasteiger partial charge in [-0.1, -0.05) is 31.4 Å². The van der Waals surface area contributed by atoms with Gasteiger partial charge in [-0.2, -0.15) is 13.2 Å². The van der Waals surface area contributed by atoms with Crippen LogP contribution in [0.1, 0.15) is 33.1 Å². The fraction of sp³-hybridized carbons (Fsp3) is 0.167. The number of rotatable bonds is 12. The average Bonchev–Trinajstić information content (AvgIpc) is 3.00. The lowest BCUT2D eigenvalue weighted by Crippen LogP contribution is -2.45. The highest BCUT2D eigenvalue weighted by molar-refractivity contribution is 5.97. The molecule has 15 heteroatoms. The van der Waals surface area contributed by atoms with Gasteiger partial charge in [0, 0.05) is 23.6 Å². The van der Waals surface area contributed by atoms with E-state index in [0.717, 1.165) is 0 Å². The number of nitrogens with two attached hydrogens (primary N) is 1. The quantitative estimate of drug-likeness (QED) is 0.0744. The number of alkyl halides is 3. The number of hydrogen-bond donors (Lipinski definition) is 6. The zero-order chi connectivity index (χ0) is 33.6. The predicted molar refractivity (Wildman–Crippen MR) is 160 cm³/mol. The normalized spacial score (nSPS) is 11.0. The highest BCUT2D eigenvalue weighted by atomic mass is 19.4. The van der Waals surface area contributed by atoms with E-state index in [1.54, 1.807) is 73.8 Å². The van der Waals surface area contributed by atoms with Crippen molar-refractivity contribution in [3.63, 3.8) is 0 Å². The minimum Gasteiger partial charge on any atom is -0.486 e. The predicted octanol–water partition coefficient (Wildman–Crippen LogP) is 4.05. The number of carboxylic acid groups (broad SMARTS) is 1. The first-order chi connectivity index (χ1) is 21.3. The first-order valence-corrected chi connectivity index (χ1v) is 12.9. The van der Waals surface area contributed by atoms with Crippen LogP contribution in [0.5, 0.6) is 11.5 Å². The van der Waals surface area contributed by atoms with E-state index < -0.39 is 30.0 Å². The van der Waals surface area contributed by atoms with Crippen LogP contribution >= 0.6 is 0 Å². The summed E-state index contributed by atoms with van der Waals surface area (Å²) in [5.74, 6) is -2.99. The molecule has 238 valence electrons. The zero-order valence-electron chi connectivity index (χ0n) is 24.0. The Kier molecular flexibility index (Phi) is 13.1. The molecule has 0 aliphatic heterocycles. The number of hydrazine groups is 1. The van der Waals surface area contributed by atoms with E-state index in [2.05, 4.69) is 34.3 Å². The van der Waals surface area contributed by atoms with Gasteiger partial charge in [0.15, 0.2) is 11.5 Å². The maximum atomic E-state index is 13.4. The molecule has 0 saturated carbocycles. The first-order valence-electron chi connectivity index (χ1n) is 12.9. The number of ether oxygens (including phenoxy) is 2. The molecule has 0 spiro atoms. The zero-order valence-corrected chi connectivity index (χ0v) is 24.0. The molecule has 0 radical (unpaired) electrons. The van der Waals surface area contributed by atoms with Gasteiger partial charge in [0.05, 0.1) is 5.56 Å². The van der Waals surface area contributed by atoms with Gasteiger partial charge in [-0.25, -0.2) is 4.79 Å². The van der Waals surface area contributed by atoms with Crippen molar-refractivity contribution in [3.05, 3.63) is 108 Å². The summed E-state index contributed by atoms with van der Waals surface area (Å²) in [4.78, 5) is 38.9. The maximum absolute atomic E-state index is 13.4. The van der Waals surface area contributed by atoms with Crippen LogP contribution in [0.4, 0.5) is 18.9 Å². The number of aliphatic carboxylic acids is 1. The molecular weight excluding hydrogens is 597 g/mol. The maximum Gasteiger partial charge on any atom is 0.490 e. The van der Waals surface area contributed by atoms with Crippen LogP contribution < -0.4 is 31.4 Å². The van der Waals surface area contributed by atoms with Crippen molar-refractivity contribution >= 4 is 29.3 Å². The molecule has 45 heavy (non-hydrogen) atoms. The number of amidine groups is 1. The number of carbonyl (C=O) groups excluding carboxylic acids is 2. The Morgan fingerprint density at radius 2 is 1.62 bits per heavy atom. The van der Waals surface area contributed by atoms with Crippen LogP contribution in [0.25, 0.3) is 0 Å². The molecule has 0 aliphatic carbocycles. The van der Waals surface area contributed by atoms with Crippen LogP contribution in [-0.4, -0.2) is 53.1 Å². The van der Waals surface area contributed by atoms with Gasteiger partial charge in [0.1, 0.15) is 25.1 Å². The van der Waals surface area contributed by atoms with Gasteiger partial charge in [-0.15, -0.1) is 0 Å². The number of amides is 2. The van der Waals surface area contributed by atoms with E-state index in [4.69, 9.17) is 30.5 Å². The lowest BCUT2D eigenvalue weighted by atomic mass is 10.0. The molecule has 0 aliphatic rings. The molecule has 0 fully saturated rings. The number of carboxylic acids is 1. The van der Waals surface area contributed by atoms with Crippen molar-refractivity contribution in [1.29, 1.82) is 5.41 Å². The molecule has 0 bridgehead atoms. The number of nitrogen functional groups attached to an aromatic ring is 1. The number of aryl methyl sites for hydroxylation is 1. The molecule has 2 aromatic carbocycles. The summed E-state index contributed by atoms with van der Waals surface area (Å²) < 4.78 is 43.2. The highest BCUT2D eigenvalue weighted by Gasteiger charge is 2.38. The second-order valence-electron chi connectivity index (χ2n) is 8.91. The number of anilines is 1. The van der Waals surface area contributed by atoms with Crippen molar-refractivity contribution in [3.8, 4) is 11.5 Å². The lowest BCUT2D eigenvalue weighted by Gasteiger charge is -2.22. The third-order valence-electron chi connectivity index (χ3n) is 5.61. The molecule has 1 unspecified atom stereocenters. The molecule has 2 amide bonds. The van der Waals surface area contributed by atoms with Gasteiger partial charge in [0.25, 0.3) is 11.8 Å². The number of halogens is 3. The Morgan fingerprint density at radius 1 is 1.02 bits per heavy atom. The fourth-order valence-corrected chi connectivity index (χ4v) is 3.41. The summed E-state index contributed by atoms with van der Waals surface area (Å²) in [6, 6.07) is 12.6. The topological polar surface area (TPSA) is 189 Å². The molecule has 0 saturated heterocycles. The summed E-state index contributed by atoms with van der Waals surface area (Å²) in [7, 11) is 0. The summed E-state index contributed by atoms with van der Waals surface area (Å²) in [6.45, 7) is 9.60. The van der Waals surface area contributed by atoms with E-state index in [1.165, 1.54) is 6.20 Å². The van der Waals surface area contributed by atoms with Crippen molar-refractivity contribution in [1.82, 2.24) is 15.8 Å². The summed E-state index contributed by atoms with van der Waals surface area (Å²) in [5, 5.41) is 17.9. The van der Waals surface area contributed by atoms with Crippen LogP contribution in [0.15, 0.2) is 86.2 Å². The van der Waals surface area contributed by atoms with Crippen molar-refractivity contribution in [2.45, 2.75) is 19.1 Å². The second-order valence-corrected chi connectivity index (χ2v) is 8.91. The standard InChI is InChI=1S/C28H30N6O4.C2HF3O2/c1-4-14-37-23-11-8-20(16-24(23)38-15-5-2)25(32-21-9-6-19(7-10-21)26(29)30)28(36)34-33-27(35)22-17-31-13-12-18(22)3;3-2(4,5)1(6)7/h4-13,16-17,25,32H,1-2,14-15H2,3H3,(H3,29,30)(H,33,35)(H,34,36);(H,6,7). The molecular formula is C30H31F3N6O6. The Labute approximate surface area is 256 Å². The number of aromatic nitrogens is 1. The number of pyridine rings is 1. The third-order valence-corrected chi connectivity index (χ3v) is 5.61. The van der Waals surface area contributed by atoms with E-state index in [1.807, 2.05) is 0 Å². The van der Waals surface area contributed by atoms with Gasteiger partial charge in [-0.3, -0.25) is 30.8 Å². The number of benzene rings is 2. The number of nitrogens with one attached hydrogen (secondary N) is 4. The monoisotopic (exact) mass is 628 g/mol.